The van der Waals surface area contributed by atoms with Crippen LogP contribution in [-0.4, -0.2) is 59.8 Å². The molecule has 0 atom stereocenters. The standard InChI is InChI=1S/3C24H22N4.2F6P.Fe/c3*1(19-5-11-25-12-6-19)3-21-9-15-27-23(17-21)24-18-22(10-16-28-24)4-2-20-7-13-26-14-8-20;2*1-7(2,3,4,5)6;/h3*5-18H,1-4H2;;;/q;;;2*-1;+2. The molecule has 0 N–H and O–H groups in total. The van der Waals surface area contributed by atoms with Crippen molar-refractivity contribution in [3.8, 4) is 34.2 Å². The van der Waals surface area contributed by atoms with Crippen molar-refractivity contribution >= 4 is 15.6 Å². The second-order valence-electron chi connectivity index (χ2n) is 22.3. The average molecular weight is 1450 g/mol. The SMILES string of the molecule is F[P-](F)(F)(F)(F)F.F[P-](F)(F)(F)(F)F.[Fe+2].c1cc(CCc2ccnc(-c3cc(CCc4ccncc4)ccn3)c2)ccn1.c1cc(CCc2ccnc(-c3cc(CCc4ccncc4)ccn3)c2)ccn1.c1cc(CCc2ccnc(-c3cc(CCc4ccncc4)ccn3)c2)ccn1. The summed E-state index contributed by atoms with van der Waals surface area (Å²) in [5.41, 5.74) is 21.0. The zero-order chi connectivity index (χ0) is 69.9. The van der Waals surface area contributed by atoms with E-state index in [9.17, 15) is 50.4 Å². The maximum Gasteiger partial charge on any atom is 2.00 e. The zero-order valence-electron chi connectivity index (χ0n) is 52.9. The van der Waals surface area contributed by atoms with E-state index < -0.39 is 15.6 Å². The molecule has 0 aliphatic carbocycles. The molecule has 12 aromatic heterocycles. The van der Waals surface area contributed by atoms with Gasteiger partial charge in [-0.25, -0.2) is 0 Å². The third kappa shape index (κ3) is 33.4. The van der Waals surface area contributed by atoms with Crippen molar-refractivity contribution < 1.29 is 67.4 Å². The number of aryl methyl sites for hydroxylation is 12. The molecule has 0 spiro atoms. The molecule has 0 aliphatic heterocycles. The van der Waals surface area contributed by atoms with Gasteiger partial charge in [-0.05, 0) is 289 Å². The first kappa shape index (κ1) is 76.7. The normalized spacial score (nSPS) is 12.4. The number of rotatable bonds is 21. The molecule has 0 fully saturated rings. The van der Waals surface area contributed by atoms with Gasteiger partial charge in [0, 0.05) is 112 Å². The Kier molecular flexibility index (Phi) is 26.5. The van der Waals surface area contributed by atoms with Crippen LogP contribution in [0.5, 0.6) is 0 Å². The van der Waals surface area contributed by atoms with Gasteiger partial charge in [0.05, 0.1) is 34.2 Å². The summed E-state index contributed by atoms with van der Waals surface area (Å²) in [7, 11) is -21.3. The first-order valence-corrected chi connectivity index (χ1v) is 34.7. The van der Waals surface area contributed by atoms with Crippen molar-refractivity contribution in [2.75, 3.05) is 0 Å². The molecule has 0 aliphatic rings. The molecule has 12 aromatic rings. The summed E-state index contributed by atoms with van der Waals surface area (Å²) >= 11 is 0. The van der Waals surface area contributed by atoms with Crippen molar-refractivity contribution in [2.24, 2.45) is 0 Å². The number of halogens is 12. The summed E-state index contributed by atoms with van der Waals surface area (Å²) in [4.78, 5) is 51.7. The number of hydrogen-bond acceptors (Lipinski definition) is 12. The molecule has 0 saturated heterocycles. The average Bonchev–Trinajstić information content (AvgIpc) is 0.797. The Morgan fingerprint density at radius 3 is 0.394 bits per heavy atom. The van der Waals surface area contributed by atoms with Crippen LogP contribution in [0.4, 0.5) is 50.4 Å². The maximum absolute atomic E-state index is 10.7. The van der Waals surface area contributed by atoms with Gasteiger partial charge in [0.15, 0.2) is 0 Å². The largest absolute Gasteiger partial charge is 2.00 e. The Bertz CT molecular complexity index is 3700. The van der Waals surface area contributed by atoms with Crippen LogP contribution >= 0.6 is 15.6 Å². The van der Waals surface area contributed by atoms with Crippen molar-refractivity contribution in [3.05, 3.63) is 324 Å². The topological polar surface area (TPSA) is 155 Å². The fourth-order valence-electron chi connectivity index (χ4n) is 9.65. The predicted octanol–water partition coefficient (Wildman–Crippen LogP) is 20.3. The van der Waals surface area contributed by atoms with Gasteiger partial charge in [0.2, 0.25) is 0 Å². The Morgan fingerprint density at radius 1 is 0.172 bits per heavy atom. The fraction of sp³-hybridized carbons (Fsp3) is 0.167. The number of hydrogen-bond donors (Lipinski definition) is 0. The van der Waals surface area contributed by atoms with Gasteiger partial charge in [-0.1, -0.05) is 0 Å². The molecule has 0 unspecified atom stereocenters. The molecule has 0 saturated carbocycles. The summed E-state index contributed by atoms with van der Waals surface area (Å²) in [6, 6.07) is 50.2. The molecule has 12 nitrogen and oxygen atoms in total. The summed E-state index contributed by atoms with van der Waals surface area (Å²) in [6.45, 7) is 0. The Hall–Kier alpha value is -9.66. The third-order valence-electron chi connectivity index (χ3n) is 14.4. The van der Waals surface area contributed by atoms with E-state index in [1.807, 2.05) is 112 Å². The first-order valence-electron chi connectivity index (χ1n) is 30.7. The van der Waals surface area contributed by atoms with E-state index in [1.165, 1.54) is 66.8 Å². The van der Waals surface area contributed by atoms with Crippen molar-refractivity contribution in [1.82, 2.24) is 59.8 Å². The van der Waals surface area contributed by atoms with Gasteiger partial charge in [0.25, 0.3) is 0 Å². The van der Waals surface area contributed by atoms with Crippen LogP contribution in [0.2, 0.25) is 0 Å². The van der Waals surface area contributed by atoms with Crippen LogP contribution in [0.1, 0.15) is 66.8 Å². The molecule has 0 aromatic carbocycles. The van der Waals surface area contributed by atoms with Crippen LogP contribution in [0.25, 0.3) is 34.2 Å². The van der Waals surface area contributed by atoms with E-state index in [4.69, 9.17) is 0 Å². The van der Waals surface area contributed by atoms with Gasteiger partial charge in [0.1, 0.15) is 0 Å². The Balaban J connectivity index is 0.000000189. The van der Waals surface area contributed by atoms with Crippen molar-refractivity contribution in [3.63, 3.8) is 0 Å². The van der Waals surface area contributed by atoms with E-state index in [-0.39, 0.29) is 17.1 Å². The molecule has 99 heavy (non-hydrogen) atoms. The third-order valence-corrected chi connectivity index (χ3v) is 14.4. The molecule has 0 amide bonds. The van der Waals surface area contributed by atoms with Gasteiger partial charge in [-0.3, -0.25) is 59.8 Å². The minimum absolute atomic E-state index is 0. The molecule has 12 rings (SSSR count). The minimum atomic E-state index is -10.7. The van der Waals surface area contributed by atoms with Crippen LogP contribution in [0.3, 0.4) is 0 Å². The quantitative estimate of drug-likeness (QED) is 0.0382. The smallest absolute Gasteiger partial charge is 0.265 e. The summed E-state index contributed by atoms with van der Waals surface area (Å²) in [5.74, 6) is 0. The Morgan fingerprint density at radius 2 is 0.273 bits per heavy atom. The van der Waals surface area contributed by atoms with Crippen LogP contribution in [0.15, 0.2) is 257 Å². The molecular formula is C72H66F12FeN12P2. The van der Waals surface area contributed by atoms with E-state index >= 15 is 0 Å². The zero-order valence-corrected chi connectivity index (χ0v) is 55.8. The molecule has 12 heterocycles. The summed E-state index contributed by atoms with van der Waals surface area (Å²) in [6.07, 6.45) is 45.2. The molecule has 0 bridgehead atoms. The van der Waals surface area contributed by atoms with Gasteiger partial charge < -0.3 is 0 Å². The molecule has 516 valence electrons. The minimum Gasteiger partial charge on any atom is -0.265 e. The van der Waals surface area contributed by atoms with Crippen molar-refractivity contribution in [1.29, 1.82) is 0 Å². The van der Waals surface area contributed by atoms with Crippen molar-refractivity contribution in [2.45, 2.75) is 77.0 Å². The summed E-state index contributed by atoms with van der Waals surface area (Å²) < 4.78 is 118. The predicted molar refractivity (Wildman–Crippen MR) is 359 cm³/mol. The fourth-order valence-corrected chi connectivity index (χ4v) is 9.65. The molecular weight excluding hydrogens is 1380 g/mol. The monoisotopic (exact) mass is 1440 g/mol. The maximum atomic E-state index is 9.87. The molecule has 0 radical (unpaired) electrons. The summed E-state index contributed by atoms with van der Waals surface area (Å²) in [5, 5.41) is 0. The van der Waals surface area contributed by atoms with E-state index in [2.05, 4.69) is 205 Å². The van der Waals surface area contributed by atoms with Gasteiger partial charge in [-0.15, -0.1) is 0 Å². The second kappa shape index (κ2) is 34.2. The van der Waals surface area contributed by atoms with Crippen LogP contribution < -0.4 is 0 Å². The Labute approximate surface area is 575 Å². The first-order chi connectivity index (χ1) is 46.5. The number of pyridine rings is 12. The van der Waals surface area contributed by atoms with Gasteiger partial charge in [-0.2, -0.15) is 0 Å². The number of nitrogens with zero attached hydrogens (tertiary/aromatic N) is 12. The molecule has 27 heteroatoms. The van der Waals surface area contributed by atoms with Crippen LogP contribution in [0, 0.1) is 0 Å². The number of aromatic nitrogens is 12. The van der Waals surface area contributed by atoms with Crippen LogP contribution in [-0.2, 0) is 94.1 Å². The second-order valence-corrected chi connectivity index (χ2v) is 26.2. The van der Waals surface area contributed by atoms with Gasteiger partial charge >= 0.3 is 83.0 Å². The van der Waals surface area contributed by atoms with E-state index in [1.54, 1.807) is 0 Å². The van der Waals surface area contributed by atoms with E-state index in [0.29, 0.717) is 0 Å². The van der Waals surface area contributed by atoms with E-state index in [0.717, 1.165) is 111 Å².